The fourth-order valence-electron chi connectivity index (χ4n) is 2.99. The number of aromatic amines is 1. The number of para-hydroxylation sites is 3. The van der Waals surface area contributed by atoms with Crippen LogP contribution >= 0.6 is 11.8 Å². The first-order valence-electron chi connectivity index (χ1n) is 8.11. The standard InChI is InChI=1S/C19H15N3O4S/c1-26-14-9-5-4-8-13(14)22-18(25)17-16(21-19(22)27-10-15(23)24)11-6-2-3-7-12(11)20-17/h2-9,20H,10H2,1H3,(H,23,24). The Morgan fingerprint density at radius 3 is 2.74 bits per heavy atom. The molecule has 0 fully saturated rings. The van der Waals surface area contributed by atoms with Crippen molar-refractivity contribution < 1.29 is 14.6 Å². The minimum Gasteiger partial charge on any atom is -0.495 e. The van der Waals surface area contributed by atoms with Crippen molar-refractivity contribution in [3.05, 3.63) is 58.9 Å². The molecule has 0 amide bonds. The number of aromatic nitrogens is 3. The van der Waals surface area contributed by atoms with Crippen molar-refractivity contribution in [2.45, 2.75) is 5.16 Å². The van der Waals surface area contributed by atoms with Gasteiger partial charge in [0.15, 0.2) is 5.16 Å². The number of nitrogens with zero attached hydrogens (tertiary/aromatic N) is 2. The van der Waals surface area contributed by atoms with E-state index < -0.39 is 5.97 Å². The number of methoxy groups -OCH3 is 1. The van der Waals surface area contributed by atoms with Crippen LogP contribution in [0.2, 0.25) is 0 Å². The lowest BCUT2D eigenvalue weighted by molar-refractivity contribution is -0.133. The van der Waals surface area contributed by atoms with Gasteiger partial charge in [-0.15, -0.1) is 0 Å². The van der Waals surface area contributed by atoms with Gasteiger partial charge < -0.3 is 14.8 Å². The summed E-state index contributed by atoms with van der Waals surface area (Å²) in [6.07, 6.45) is 0. The van der Waals surface area contributed by atoms with Crippen LogP contribution < -0.4 is 10.3 Å². The summed E-state index contributed by atoms with van der Waals surface area (Å²) in [4.78, 5) is 32.1. The van der Waals surface area contributed by atoms with Crippen molar-refractivity contribution in [2.75, 3.05) is 12.9 Å². The van der Waals surface area contributed by atoms with Gasteiger partial charge in [0.2, 0.25) is 0 Å². The van der Waals surface area contributed by atoms with Gasteiger partial charge in [0, 0.05) is 10.9 Å². The molecule has 0 atom stereocenters. The zero-order valence-corrected chi connectivity index (χ0v) is 15.1. The summed E-state index contributed by atoms with van der Waals surface area (Å²) >= 11 is 0.993. The van der Waals surface area contributed by atoms with E-state index in [1.165, 1.54) is 11.7 Å². The predicted molar refractivity (Wildman–Crippen MR) is 104 cm³/mol. The summed E-state index contributed by atoms with van der Waals surface area (Å²) < 4.78 is 6.78. The Balaban J connectivity index is 2.07. The number of aliphatic carboxylic acids is 1. The van der Waals surface area contributed by atoms with Crippen LogP contribution in [0.15, 0.2) is 58.5 Å². The Morgan fingerprint density at radius 1 is 1.22 bits per heavy atom. The number of carbonyl (C=O) groups is 1. The van der Waals surface area contributed by atoms with E-state index in [1.807, 2.05) is 24.3 Å². The summed E-state index contributed by atoms with van der Waals surface area (Å²) in [7, 11) is 1.52. The molecule has 4 rings (SSSR count). The van der Waals surface area contributed by atoms with Gasteiger partial charge in [-0.2, -0.15) is 0 Å². The van der Waals surface area contributed by atoms with Crippen LogP contribution in [0.3, 0.4) is 0 Å². The second-order valence-corrected chi connectivity index (χ2v) is 6.73. The Kier molecular flexibility index (Phi) is 4.33. The van der Waals surface area contributed by atoms with Crippen LogP contribution in [0.1, 0.15) is 0 Å². The van der Waals surface area contributed by atoms with Crippen molar-refractivity contribution in [1.82, 2.24) is 14.5 Å². The third-order valence-electron chi connectivity index (χ3n) is 4.15. The highest BCUT2D eigenvalue weighted by Gasteiger charge is 2.19. The zero-order chi connectivity index (χ0) is 19.0. The SMILES string of the molecule is COc1ccccc1-n1c(SCC(=O)O)nc2c([nH]c3ccccc32)c1=O. The van der Waals surface area contributed by atoms with E-state index in [0.29, 0.717) is 27.6 Å². The van der Waals surface area contributed by atoms with E-state index in [1.54, 1.807) is 24.3 Å². The summed E-state index contributed by atoms with van der Waals surface area (Å²) in [6.45, 7) is 0. The minimum absolute atomic E-state index is 0.213. The Labute approximate surface area is 157 Å². The molecular weight excluding hydrogens is 366 g/mol. The fraction of sp³-hybridized carbons (Fsp3) is 0.105. The van der Waals surface area contributed by atoms with E-state index in [9.17, 15) is 9.59 Å². The third kappa shape index (κ3) is 2.93. The van der Waals surface area contributed by atoms with Crippen molar-refractivity contribution >= 4 is 39.7 Å². The molecule has 0 aliphatic rings. The van der Waals surface area contributed by atoms with Crippen LogP contribution in [-0.4, -0.2) is 38.5 Å². The van der Waals surface area contributed by atoms with Crippen molar-refractivity contribution in [1.29, 1.82) is 0 Å². The molecule has 2 N–H and O–H groups in total. The van der Waals surface area contributed by atoms with E-state index in [2.05, 4.69) is 9.97 Å². The molecule has 0 saturated heterocycles. The van der Waals surface area contributed by atoms with Gasteiger partial charge in [0.1, 0.15) is 16.8 Å². The molecule has 0 unspecified atom stereocenters. The minimum atomic E-state index is -0.986. The highest BCUT2D eigenvalue weighted by molar-refractivity contribution is 7.99. The molecule has 7 nitrogen and oxygen atoms in total. The van der Waals surface area contributed by atoms with E-state index >= 15 is 0 Å². The maximum absolute atomic E-state index is 13.3. The number of hydrogen-bond acceptors (Lipinski definition) is 5. The number of H-pyrrole nitrogens is 1. The largest absolute Gasteiger partial charge is 0.495 e. The molecular formula is C19H15N3O4S. The van der Waals surface area contributed by atoms with Crippen LogP contribution in [0, 0.1) is 0 Å². The molecule has 4 aromatic rings. The number of hydrogen-bond donors (Lipinski definition) is 2. The monoisotopic (exact) mass is 381 g/mol. The first-order valence-corrected chi connectivity index (χ1v) is 9.10. The molecule has 0 saturated carbocycles. The van der Waals surface area contributed by atoms with Gasteiger partial charge in [-0.3, -0.25) is 9.59 Å². The first-order chi connectivity index (χ1) is 13.1. The van der Waals surface area contributed by atoms with Crippen molar-refractivity contribution in [3.63, 3.8) is 0 Å². The molecule has 2 heterocycles. The molecule has 8 heteroatoms. The smallest absolute Gasteiger partial charge is 0.313 e. The van der Waals surface area contributed by atoms with Crippen LogP contribution in [0.4, 0.5) is 0 Å². The van der Waals surface area contributed by atoms with Crippen LogP contribution in [-0.2, 0) is 4.79 Å². The van der Waals surface area contributed by atoms with E-state index in [0.717, 1.165) is 22.7 Å². The van der Waals surface area contributed by atoms with Gasteiger partial charge in [0.05, 0.1) is 18.6 Å². The van der Waals surface area contributed by atoms with Gasteiger partial charge in [-0.25, -0.2) is 9.55 Å². The molecule has 0 aliphatic carbocycles. The molecule has 0 aliphatic heterocycles. The van der Waals surface area contributed by atoms with Gasteiger partial charge >= 0.3 is 5.97 Å². The Bertz CT molecular complexity index is 1230. The molecule has 2 aromatic carbocycles. The number of carboxylic acid groups (broad SMARTS) is 1. The number of thioether (sulfide) groups is 1. The van der Waals surface area contributed by atoms with Crippen LogP contribution in [0.25, 0.3) is 27.6 Å². The predicted octanol–water partition coefficient (Wildman–Crippen LogP) is 3.05. The first kappa shape index (κ1) is 17.2. The van der Waals surface area contributed by atoms with Crippen molar-refractivity contribution in [2.24, 2.45) is 0 Å². The molecule has 136 valence electrons. The number of fused-ring (bicyclic) bond motifs is 3. The topological polar surface area (TPSA) is 97.2 Å². The Morgan fingerprint density at radius 2 is 1.96 bits per heavy atom. The lowest BCUT2D eigenvalue weighted by Crippen LogP contribution is -2.22. The number of carboxylic acids is 1. The normalized spacial score (nSPS) is 11.1. The average Bonchev–Trinajstić information content (AvgIpc) is 3.05. The maximum atomic E-state index is 13.3. The van der Waals surface area contributed by atoms with Crippen LogP contribution in [0.5, 0.6) is 5.75 Å². The summed E-state index contributed by atoms with van der Waals surface area (Å²) in [5, 5.41) is 10.2. The third-order valence-corrected chi connectivity index (χ3v) is 5.07. The lowest BCUT2D eigenvalue weighted by atomic mass is 10.2. The lowest BCUT2D eigenvalue weighted by Gasteiger charge is -2.14. The van der Waals surface area contributed by atoms with Crippen molar-refractivity contribution in [3.8, 4) is 11.4 Å². The molecule has 27 heavy (non-hydrogen) atoms. The van der Waals surface area contributed by atoms with Gasteiger partial charge in [-0.1, -0.05) is 42.1 Å². The Hall–Kier alpha value is -3.26. The molecule has 0 bridgehead atoms. The van der Waals surface area contributed by atoms with E-state index in [4.69, 9.17) is 9.84 Å². The molecule has 2 aromatic heterocycles. The number of nitrogens with one attached hydrogen (secondary N) is 1. The highest BCUT2D eigenvalue weighted by Crippen LogP contribution is 2.29. The number of ether oxygens (including phenoxy) is 1. The quantitative estimate of drug-likeness (QED) is 0.407. The fourth-order valence-corrected chi connectivity index (χ4v) is 3.71. The summed E-state index contributed by atoms with van der Waals surface area (Å²) in [6, 6.07) is 14.5. The number of rotatable bonds is 5. The van der Waals surface area contributed by atoms with E-state index in [-0.39, 0.29) is 11.3 Å². The highest BCUT2D eigenvalue weighted by atomic mass is 32.2. The molecule has 0 radical (unpaired) electrons. The number of benzene rings is 2. The zero-order valence-electron chi connectivity index (χ0n) is 14.3. The summed E-state index contributed by atoms with van der Waals surface area (Å²) in [5.41, 5.74) is 1.88. The second kappa shape index (κ2) is 6.81. The average molecular weight is 381 g/mol. The molecule has 0 spiro atoms. The van der Waals surface area contributed by atoms with Gasteiger partial charge in [0.25, 0.3) is 5.56 Å². The maximum Gasteiger partial charge on any atom is 0.313 e. The van der Waals surface area contributed by atoms with Gasteiger partial charge in [-0.05, 0) is 18.2 Å². The summed E-state index contributed by atoms with van der Waals surface area (Å²) in [5.74, 6) is -0.705. The second-order valence-electron chi connectivity index (χ2n) is 5.78.